The van der Waals surface area contributed by atoms with E-state index in [0.29, 0.717) is 35.0 Å². The number of aliphatic hydroxyl groups excluding tert-OH is 1. The van der Waals surface area contributed by atoms with E-state index in [1.807, 2.05) is 0 Å². The molecule has 3 N–H and O–H groups in total. The molecule has 0 aromatic rings. The highest BCUT2D eigenvalue weighted by Crippen LogP contribution is 2.66. The Hall–Kier alpha value is -0.900. The molecule has 172 valence electrons. The number of nitrogens with one attached hydrogen (secondary N) is 1. The third-order valence-electron chi connectivity index (χ3n) is 9.84. The van der Waals surface area contributed by atoms with Crippen LogP contribution in [0.4, 0.5) is 0 Å². The molecule has 3 saturated carbocycles. The van der Waals surface area contributed by atoms with Gasteiger partial charge in [0.1, 0.15) is 0 Å². The van der Waals surface area contributed by atoms with Crippen molar-refractivity contribution in [2.45, 2.75) is 110 Å². The quantitative estimate of drug-likeness (QED) is 0.287. The summed E-state index contributed by atoms with van der Waals surface area (Å²) in [6.07, 6.45) is 15.0. The Morgan fingerprint density at radius 3 is 2.57 bits per heavy atom. The monoisotopic (exact) mass is 419 g/mol. The third kappa shape index (κ3) is 4.49. The minimum atomic E-state index is -0.675. The number of carbonyl (C=O) groups is 1. The molecule has 3 rings (SSSR count). The second-order valence-corrected chi connectivity index (χ2v) is 11.4. The Bertz CT molecular complexity index is 607. The van der Waals surface area contributed by atoms with Gasteiger partial charge in [-0.2, -0.15) is 0 Å². The standard InChI is InChI=1S/C26H45NO3/c1-4-18-17-25(2,14-6-5-7-16-27)20-13-15-26(3)19(9-8-10-22(28)29)11-12-21(26)23(20)24(18)30/h16,18-21,23-24,27,30H,4-15,17H2,1-3H3,(H,28,29)/t18-,19+,20+,21+,23-,24-,25+,26-/m1/s1. The highest BCUT2D eigenvalue weighted by molar-refractivity contribution is 5.66. The molecule has 0 heterocycles. The number of carboxylic acid groups (broad SMARTS) is 1. The highest BCUT2D eigenvalue weighted by atomic mass is 16.4. The van der Waals surface area contributed by atoms with Crippen molar-refractivity contribution in [2.24, 2.45) is 40.4 Å². The van der Waals surface area contributed by atoms with Gasteiger partial charge >= 0.3 is 5.97 Å². The Kier molecular flexibility index (Phi) is 7.69. The topological polar surface area (TPSA) is 81.4 Å². The molecule has 3 fully saturated rings. The van der Waals surface area contributed by atoms with Gasteiger partial charge in [0.15, 0.2) is 0 Å². The molecule has 4 nitrogen and oxygen atoms in total. The molecule has 0 bridgehead atoms. The molecule has 30 heavy (non-hydrogen) atoms. The largest absolute Gasteiger partial charge is 0.481 e. The summed E-state index contributed by atoms with van der Waals surface area (Å²) >= 11 is 0. The van der Waals surface area contributed by atoms with Crippen molar-refractivity contribution in [3.8, 4) is 0 Å². The summed E-state index contributed by atoms with van der Waals surface area (Å²) in [5.41, 5.74) is 0.590. The summed E-state index contributed by atoms with van der Waals surface area (Å²) in [7, 11) is 0. The number of fused-ring (bicyclic) bond motifs is 3. The summed E-state index contributed by atoms with van der Waals surface area (Å²) in [5.74, 6) is 1.98. The van der Waals surface area contributed by atoms with Gasteiger partial charge in [0, 0.05) is 6.42 Å². The number of carboxylic acids is 1. The first-order chi connectivity index (χ1) is 14.3. The van der Waals surface area contributed by atoms with E-state index >= 15 is 0 Å². The number of hydrogen-bond acceptors (Lipinski definition) is 3. The van der Waals surface area contributed by atoms with Crippen molar-refractivity contribution in [1.29, 1.82) is 5.41 Å². The molecular formula is C26H45NO3. The first-order valence-corrected chi connectivity index (χ1v) is 12.7. The molecule has 3 aliphatic rings. The van der Waals surface area contributed by atoms with E-state index in [4.69, 9.17) is 10.5 Å². The Balaban J connectivity index is 1.77. The molecule has 0 unspecified atom stereocenters. The van der Waals surface area contributed by atoms with Crippen molar-refractivity contribution in [2.75, 3.05) is 0 Å². The fraction of sp³-hybridized carbons (Fsp3) is 0.923. The lowest BCUT2D eigenvalue weighted by Gasteiger charge is -2.60. The van der Waals surface area contributed by atoms with Gasteiger partial charge in [-0.25, -0.2) is 0 Å². The van der Waals surface area contributed by atoms with Gasteiger partial charge in [-0.05, 0) is 111 Å². The summed E-state index contributed by atoms with van der Waals surface area (Å²) in [6.45, 7) is 7.22. The van der Waals surface area contributed by atoms with E-state index in [1.54, 1.807) is 6.21 Å². The predicted molar refractivity (Wildman–Crippen MR) is 122 cm³/mol. The van der Waals surface area contributed by atoms with Crippen LogP contribution in [0, 0.1) is 45.8 Å². The summed E-state index contributed by atoms with van der Waals surface area (Å²) in [6, 6.07) is 0. The van der Waals surface area contributed by atoms with Crippen molar-refractivity contribution in [1.82, 2.24) is 0 Å². The number of rotatable bonds is 10. The normalized spacial score (nSPS) is 43.1. The first kappa shape index (κ1) is 23.8. The molecular weight excluding hydrogens is 374 g/mol. The van der Waals surface area contributed by atoms with E-state index in [9.17, 15) is 9.90 Å². The van der Waals surface area contributed by atoms with Gasteiger partial charge in [0.05, 0.1) is 6.10 Å². The van der Waals surface area contributed by atoms with Gasteiger partial charge in [-0.15, -0.1) is 0 Å². The SMILES string of the molecule is CC[C@@H]1C[C@](C)(CCCCC=N)[C@H]2CC[C@]3(C)[C@@H](CCCC(=O)O)CC[C@H]3[C@@H]2[C@@H]1O. The first-order valence-electron chi connectivity index (χ1n) is 12.7. The summed E-state index contributed by atoms with van der Waals surface area (Å²) in [5, 5.41) is 27.9. The number of aliphatic carboxylic acids is 1. The van der Waals surface area contributed by atoms with Crippen LogP contribution in [0.25, 0.3) is 0 Å². The highest BCUT2D eigenvalue weighted by Gasteiger charge is 2.60. The van der Waals surface area contributed by atoms with Crippen LogP contribution in [0.2, 0.25) is 0 Å². The van der Waals surface area contributed by atoms with Gasteiger partial charge in [0.25, 0.3) is 0 Å². The van der Waals surface area contributed by atoms with Gasteiger partial charge < -0.3 is 15.6 Å². The second-order valence-electron chi connectivity index (χ2n) is 11.4. The maximum absolute atomic E-state index is 11.5. The molecule has 8 atom stereocenters. The van der Waals surface area contributed by atoms with E-state index in [0.717, 1.165) is 38.5 Å². The average Bonchev–Trinajstić information content (AvgIpc) is 3.04. The number of hydrogen-bond donors (Lipinski definition) is 3. The second kappa shape index (κ2) is 9.71. The van der Waals surface area contributed by atoms with E-state index in [2.05, 4.69) is 20.8 Å². The van der Waals surface area contributed by atoms with Crippen LogP contribution in [-0.4, -0.2) is 28.5 Å². The average molecular weight is 420 g/mol. The van der Waals surface area contributed by atoms with E-state index in [-0.39, 0.29) is 17.9 Å². The van der Waals surface area contributed by atoms with Crippen molar-refractivity contribution >= 4 is 12.2 Å². The zero-order valence-corrected chi connectivity index (χ0v) is 19.5. The van der Waals surface area contributed by atoms with Crippen LogP contribution in [0.1, 0.15) is 104 Å². The van der Waals surface area contributed by atoms with Gasteiger partial charge in [-0.3, -0.25) is 4.79 Å². The lowest BCUT2D eigenvalue weighted by molar-refractivity contribution is -0.155. The van der Waals surface area contributed by atoms with Gasteiger partial charge in [0.2, 0.25) is 0 Å². The molecule has 4 heteroatoms. The lowest BCUT2D eigenvalue weighted by Crippen LogP contribution is -2.56. The number of aliphatic hydroxyl groups is 1. The van der Waals surface area contributed by atoms with Gasteiger partial charge in [-0.1, -0.05) is 33.6 Å². The van der Waals surface area contributed by atoms with Crippen LogP contribution in [0.5, 0.6) is 0 Å². The van der Waals surface area contributed by atoms with Crippen LogP contribution >= 0.6 is 0 Å². The summed E-state index contributed by atoms with van der Waals surface area (Å²) < 4.78 is 0. The van der Waals surface area contributed by atoms with Crippen LogP contribution < -0.4 is 0 Å². The fourth-order valence-electron chi connectivity index (χ4n) is 8.20. The third-order valence-corrected chi connectivity index (χ3v) is 9.84. The van der Waals surface area contributed by atoms with Crippen molar-refractivity contribution < 1.29 is 15.0 Å². The minimum Gasteiger partial charge on any atom is -0.481 e. The molecule has 0 aromatic heterocycles. The predicted octanol–water partition coefficient (Wildman–Crippen LogP) is 6.31. The lowest BCUT2D eigenvalue weighted by atomic mass is 9.46. The molecule has 0 spiro atoms. The Morgan fingerprint density at radius 1 is 1.13 bits per heavy atom. The maximum Gasteiger partial charge on any atom is 0.303 e. The molecule has 0 radical (unpaired) electrons. The number of unbranched alkanes of at least 4 members (excludes halogenated alkanes) is 2. The molecule has 0 aliphatic heterocycles. The smallest absolute Gasteiger partial charge is 0.303 e. The van der Waals surface area contributed by atoms with Crippen molar-refractivity contribution in [3.63, 3.8) is 0 Å². The van der Waals surface area contributed by atoms with E-state index < -0.39 is 5.97 Å². The zero-order valence-electron chi connectivity index (χ0n) is 19.5. The Labute approximate surface area is 183 Å². The molecule has 0 saturated heterocycles. The van der Waals surface area contributed by atoms with Crippen LogP contribution in [0.15, 0.2) is 0 Å². The van der Waals surface area contributed by atoms with Crippen LogP contribution in [0.3, 0.4) is 0 Å². The molecule has 0 aromatic carbocycles. The maximum atomic E-state index is 11.5. The minimum absolute atomic E-state index is 0.169. The Morgan fingerprint density at radius 2 is 1.90 bits per heavy atom. The van der Waals surface area contributed by atoms with E-state index in [1.165, 1.54) is 38.5 Å². The van der Waals surface area contributed by atoms with Crippen molar-refractivity contribution in [3.05, 3.63) is 0 Å². The fourth-order valence-corrected chi connectivity index (χ4v) is 8.20. The van der Waals surface area contributed by atoms with Crippen LogP contribution in [-0.2, 0) is 4.79 Å². The summed E-state index contributed by atoms with van der Waals surface area (Å²) in [4.78, 5) is 11.0. The molecule has 3 aliphatic carbocycles. The molecule has 0 amide bonds. The zero-order chi connectivity index (χ0) is 21.9.